The largest absolute Gasteiger partial charge is 0.504 e. The van der Waals surface area contributed by atoms with Gasteiger partial charge in [-0.05, 0) is 108 Å². The Morgan fingerprint density at radius 1 is 0.648 bits per heavy atom. The molecule has 12 heteroatoms. The number of aryl methyl sites for hydroxylation is 1. The van der Waals surface area contributed by atoms with Crippen LogP contribution in [-0.2, 0) is 0 Å². The van der Waals surface area contributed by atoms with Gasteiger partial charge in [-0.25, -0.2) is 10.9 Å². The summed E-state index contributed by atoms with van der Waals surface area (Å²) in [5, 5.41) is 30.0. The lowest BCUT2D eigenvalue weighted by atomic mass is 9.84. The first kappa shape index (κ1) is 35.1. The topological polar surface area (TPSA) is 173 Å². The number of phenolic OH excluding ortho intramolecular Hbond substituents is 2. The monoisotopic (exact) mass is 720 g/mol. The zero-order valence-corrected chi connectivity index (χ0v) is 29.5. The second-order valence-electron chi connectivity index (χ2n) is 12.6. The molecule has 7 aromatic rings. The Labute approximate surface area is 309 Å². The molecule has 0 saturated carbocycles. The molecule has 0 radical (unpaired) electrons. The van der Waals surface area contributed by atoms with Crippen LogP contribution in [-0.4, -0.2) is 58.6 Å². The number of ether oxygens (including phenoxy) is 2. The summed E-state index contributed by atoms with van der Waals surface area (Å²) >= 11 is 0. The van der Waals surface area contributed by atoms with Crippen molar-refractivity contribution in [3.8, 4) is 23.0 Å². The zero-order chi connectivity index (χ0) is 37.8. The summed E-state index contributed by atoms with van der Waals surface area (Å²) < 4.78 is 10.2. The number of benzene rings is 5. The van der Waals surface area contributed by atoms with Crippen LogP contribution in [0.3, 0.4) is 0 Å². The van der Waals surface area contributed by atoms with E-state index in [0.717, 1.165) is 44.1 Å². The molecule has 270 valence electrons. The van der Waals surface area contributed by atoms with Gasteiger partial charge in [0.1, 0.15) is 0 Å². The Balaban J connectivity index is 1.19. The normalized spacial score (nSPS) is 11.6. The van der Waals surface area contributed by atoms with Crippen molar-refractivity contribution in [1.82, 2.24) is 20.8 Å². The summed E-state index contributed by atoms with van der Waals surface area (Å²) in [6.45, 7) is 2.03. The molecule has 0 saturated heterocycles. The number of nitrogens with one attached hydrogen (secondary N) is 4. The van der Waals surface area contributed by atoms with Gasteiger partial charge in [0.05, 0.1) is 26.6 Å². The number of phenols is 2. The minimum absolute atomic E-state index is 0.0338. The predicted molar refractivity (Wildman–Crippen MR) is 208 cm³/mol. The highest BCUT2D eigenvalue weighted by atomic mass is 16.5. The van der Waals surface area contributed by atoms with E-state index in [-0.39, 0.29) is 17.4 Å². The van der Waals surface area contributed by atoms with Gasteiger partial charge in [0.2, 0.25) is 0 Å². The first-order valence-corrected chi connectivity index (χ1v) is 16.9. The van der Waals surface area contributed by atoms with E-state index in [2.05, 4.69) is 55.3 Å². The molecule has 0 bridgehead atoms. The van der Waals surface area contributed by atoms with Gasteiger partial charge >= 0.3 is 0 Å². The predicted octanol–water partition coefficient (Wildman–Crippen LogP) is 7.09. The third kappa shape index (κ3) is 7.21. The summed E-state index contributed by atoms with van der Waals surface area (Å²) in [4.78, 5) is 33.3. The fraction of sp³-hybridized carbons (Fsp3) is 0.0952. The molecule has 2 amide bonds. The fourth-order valence-electron chi connectivity index (χ4n) is 6.36. The van der Waals surface area contributed by atoms with Crippen molar-refractivity contribution in [2.24, 2.45) is 10.2 Å². The molecule has 0 atom stereocenters. The van der Waals surface area contributed by atoms with Crippen LogP contribution in [0.5, 0.6) is 23.0 Å². The van der Waals surface area contributed by atoms with E-state index < -0.39 is 11.8 Å². The first-order valence-electron chi connectivity index (χ1n) is 16.9. The number of carbonyl (C=O) groups is 2. The number of methoxy groups -OCH3 is 2. The number of hydrazone groups is 2. The Kier molecular flexibility index (Phi) is 9.81. The minimum Gasteiger partial charge on any atom is -0.504 e. The van der Waals surface area contributed by atoms with Crippen molar-refractivity contribution in [3.05, 3.63) is 154 Å². The molecular weight excluding hydrogens is 684 g/mol. The van der Waals surface area contributed by atoms with Gasteiger partial charge in [-0.15, -0.1) is 0 Å². The summed E-state index contributed by atoms with van der Waals surface area (Å²) in [5.74, 6) is -0.487. The number of H-pyrrole nitrogens is 2. The van der Waals surface area contributed by atoms with Crippen molar-refractivity contribution in [2.75, 3.05) is 14.2 Å². The van der Waals surface area contributed by atoms with Gasteiger partial charge in [0, 0.05) is 51.2 Å². The van der Waals surface area contributed by atoms with Gasteiger partial charge in [-0.3, -0.25) is 9.59 Å². The maximum Gasteiger partial charge on any atom is 0.271 e. The third-order valence-corrected chi connectivity index (χ3v) is 9.15. The molecule has 0 aliphatic rings. The van der Waals surface area contributed by atoms with Gasteiger partial charge in [0.25, 0.3) is 11.8 Å². The maximum atomic E-state index is 13.3. The van der Waals surface area contributed by atoms with E-state index in [1.165, 1.54) is 38.8 Å². The van der Waals surface area contributed by atoms with Gasteiger partial charge in [0.15, 0.2) is 23.0 Å². The van der Waals surface area contributed by atoms with E-state index in [9.17, 15) is 19.8 Å². The van der Waals surface area contributed by atoms with Crippen LogP contribution in [0.1, 0.15) is 60.0 Å². The van der Waals surface area contributed by atoms with Crippen LogP contribution in [0.4, 0.5) is 0 Å². The average Bonchev–Trinajstić information content (AvgIpc) is 3.80. The molecule has 5 aromatic carbocycles. The lowest BCUT2D eigenvalue weighted by Crippen LogP contribution is -2.17. The molecule has 0 unspecified atom stereocenters. The van der Waals surface area contributed by atoms with Crippen molar-refractivity contribution in [3.63, 3.8) is 0 Å². The van der Waals surface area contributed by atoms with Gasteiger partial charge in [-0.1, -0.05) is 29.8 Å². The molecule has 6 N–H and O–H groups in total. The fourth-order valence-corrected chi connectivity index (χ4v) is 6.36. The Bertz CT molecular complexity index is 2410. The number of carbonyl (C=O) groups excluding carboxylic acids is 2. The highest BCUT2D eigenvalue weighted by molar-refractivity contribution is 6.01. The minimum atomic E-state index is -0.404. The summed E-state index contributed by atoms with van der Waals surface area (Å²) in [5.41, 5.74) is 12.8. The van der Waals surface area contributed by atoms with Crippen molar-refractivity contribution in [2.45, 2.75) is 12.8 Å². The Hall–Kier alpha value is -7.34. The molecule has 0 fully saturated rings. The number of nitrogens with zero attached hydrogens (tertiary/aromatic N) is 2. The standard InChI is InChI=1S/C42H36N6O6/c1-24-4-8-27(9-5-24)40(32-22-43-34-12-10-28(18-30(32)34)41(51)47-45-20-25-6-14-38(53-2)36(49)16-25)33-23-44-35-13-11-29(19-31(33)35)42(52)48-46-21-26-7-15-39(54-3)37(50)17-26/h4-23,40,43-44,49-50H,1-3H3,(H,47,51)(H,48,52)/b45-20+,46-21+. The third-order valence-electron chi connectivity index (χ3n) is 9.15. The number of hydrogen-bond donors (Lipinski definition) is 6. The number of rotatable bonds is 11. The second kappa shape index (κ2) is 15.1. The number of amides is 2. The number of aromatic nitrogens is 2. The average molecular weight is 721 g/mol. The molecule has 54 heavy (non-hydrogen) atoms. The SMILES string of the molecule is COc1ccc(/C=N/NC(=O)c2ccc3[nH]cc(C(c4ccc(C)cc4)c4c[nH]c5ccc(C(=O)N/N=C/c6ccc(OC)c(O)c6)cc45)c3c2)cc1O. The molecule has 7 rings (SSSR count). The molecule has 2 aromatic heterocycles. The van der Waals surface area contributed by atoms with Gasteiger partial charge in [-0.2, -0.15) is 10.2 Å². The number of aromatic amines is 2. The van der Waals surface area contributed by atoms with Crippen LogP contribution in [0.15, 0.2) is 120 Å². The molecular formula is C42H36N6O6. The molecule has 12 nitrogen and oxygen atoms in total. The second-order valence-corrected chi connectivity index (χ2v) is 12.6. The van der Waals surface area contributed by atoms with Gasteiger partial charge < -0.3 is 29.7 Å². The van der Waals surface area contributed by atoms with E-state index in [1.807, 2.05) is 43.6 Å². The van der Waals surface area contributed by atoms with Crippen LogP contribution in [0.2, 0.25) is 0 Å². The molecule has 0 aliphatic carbocycles. The van der Waals surface area contributed by atoms with Crippen LogP contribution in [0.25, 0.3) is 21.8 Å². The van der Waals surface area contributed by atoms with Crippen molar-refractivity contribution >= 4 is 46.0 Å². The molecule has 0 spiro atoms. The Morgan fingerprint density at radius 3 is 1.54 bits per heavy atom. The number of hydrogen-bond acceptors (Lipinski definition) is 8. The molecule has 0 aliphatic heterocycles. The Morgan fingerprint density at radius 2 is 1.11 bits per heavy atom. The molecule has 2 heterocycles. The lowest BCUT2D eigenvalue weighted by Gasteiger charge is -2.18. The van der Waals surface area contributed by atoms with Crippen LogP contribution < -0.4 is 20.3 Å². The summed E-state index contributed by atoms with van der Waals surface area (Å²) in [6, 6.07) is 28.8. The summed E-state index contributed by atoms with van der Waals surface area (Å²) in [7, 11) is 2.93. The van der Waals surface area contributed by atoms with Crippen LogP contribution >= 0.6 is 0 Å². The first-order chi connectivity index (χ1) is 26.2. The highest BCUT2D eigenvalue weighted by Gasteiger charge is 2.24. The van der Waals surface area contributed by atoms with Crippen LogP contribution in [0, 0.1) is 6.92 Å². The van der Waals surface area contributed by atoms with E-state index in [0.29, 0.717) is 33.8 Å². The van der Waals surface area contributed by atoms with E-state index in [4.69, 9.17) is 9.47 Å². The smallest absolute Gasteiger partial charge is 0.271 e. The summed E-state index contributed by atoms with van der Waals surface area (Å²) in [6.07, 6.45) is 6.78. The number of aromatic hydroxyl groups is 2. The quantitative estimate of drug-likeness (QED) is 0.0615. The maximum absolute atomic E-state index is 13.3. The number of fused-ring (bicyclic) bond motifs is 2. The van der Waals surface area contributed by atoms with E-state index >= 15 is 0 Å². The van der Waals surface area contributed by atoms with Crippen molar-refractivity contribution in [1.29, 1.82) is 0 Å². The van der Waals surface area contributed by atoms with E-state index in [1.54, 1.807) is 36.4 Å². The lowest BCUT2D eigenvalue weighted by molar-refractivity contribution is 0.0947. The highest BCUT2D eigenvalue weighted by Crippen LogP contribution is 2.40. The van der Waals surface area contributed by atoms with Crippen molar-refractivity contribution < 1.29 is 29.3 Å². The zero-order valence-electron chi connectivity index (χ0n) is 29.5.